The molecule has 0 aromatic heterocycles. The van der Waals surface area contributed by atoms with Gasteiger partial charge in [-0.3, -0.25) is 0 Å². The Morgan fingerprint density at radius 1 is 1.39 bits per heavy atom. The van der Waals surface area contributed by atoms with Gasteiger partial charge in [0.15, 0.2) is 0 Å². The summed E-state index contributed by atoms with van der Waals surface area (Å²) in [7, 11) is 1.62. The summed E-state index contributed by atoms with van der Waals surface area (Å²) in [6.07, 6.45) is 4.49. The fourth-order valence-corrected chi connectivity index (χ4v) is 2.41. The molecule has 0 spiro atoms. The van der Waals surface area contributed by atoms with Crippen LogP contribution in [0.25, 0.3) is 0 Å². The number of hydrogen-bond acceptors (Lipinski definition) is 4. The molecule has 4 nitrogen and oxygen atoms in total. The van der Waals surface area contributed by atoms with Crippen LogP contribution in [0.5, 0.6) is 5.75 Å². The molecule has 0 heterocycles. The van der Waals surface area contributed by atoms with E-state index in [1.54, 1.807) is 19.2 Å². The van der Waals surface area contributed by atoms with Crippen molar-refractivity contribution in [2.75, 3.05) is 12.4 Å². The predicted octanol–water partition coefficient (Wildman–Crippen LogP) is 2.25. The van der Waals surface area contributed by atoms with Gasteiger partial charge in [0.05, 0.1) is 18.4 Å². The molecule has 1 fully saturated rings. The molecule has 0 bridgehead atoms. The van der Waals surface area contributed by atoms with Crippen LogP contribution < -0.4 is 15.8 Å². The number of ether oxygens (including phenoxy) is 1. The van der Waals surface area contributed by atoms with Crippen LogP contribution in [0.2, 0.25) is 0 Å². The molecule has 18 heavy (non-hydrogen) atoms. The van der Waals surface area contributed by atoms with E-state index in [9.17, 15) is 0 Å². The number of benzene rings is 1. The summed E-state index contributed by atoms with van der Waals surface area (Å²) in [6, 6.07) is 8.03. The molecule has 0 amide bonds. The molecule has 2 atom stereocenters. The van der Waals surface area contributed by atoms with Crippen LogP contribution >= 0.6 is 0 Å². The van der Waals surface area contributed by atoms with Gasteiger partial charge in [0.1, 0.15) is 11.8 Å². The maximum atomic E-state index is 9.12. The highest BCUT2D eigenvalue weighted by Gasteiger charge is 2.22. The minimum Gasteiger partial charge on any atom is -0.497 e. The second-order valence-corrected chi connectivity index (χ2v) is 4.72. The maximum absolute atomic E-state index is 9.12. The molecule has 2 rings (SSSR count). The van der Waals surface area contributed by atoms with E-state index in [1.807, 2.05) is 6.07 Å². The standard InChI is InChI=1S/C14H19N3O/c1-18-11-7-6-10(9-15)14(8-11)17-13-5-3-2-4-12(13)16/h6-8,12-13,17H,2-5,16H2,1H3. The van der Waals surface area contributed by atoms with Gasteiger partial charge in [-0.15, -0.1) is 0 Å². The van der Waals surface area contributed by atoms with Gasteiger partial charge in [0.25, 0.3) is 0 Å². The fourth-order valence-electron chi connectivity index (χ4n) is 2.41. The summed E-state index contributed by atoms with van der Waals surface area (Å²) in [6.45, 7) is 0. The van der Waals surface area contributed by atoms with Crippen molar-refractivity contribution < 1.29 is 4.74 Å². The van der Waals surface area contributed by atoms with Crippen LogP contribution in [0.1, 0.15) is 31.2 Å². The molecule has 1 aliphatic rings. The highest BCUT2D eigenvalue weighted by atomic mass is 16.5. The zero-order valence-electron chi connectivity index (χ0n) is 10.6. The number of nitrogens with zero attached hydrogens (tertiary/aromatic N) is 1. The lowest BCUT2D eigenvalue weighted by Crippen LogP contribution is -2.42. The lowest BCUT2D eigenvalue weighted by molar-refractivity contribution is 0.402. The van der Waals surface area contributed by atoms with Crippen LogP contribution in [0, 0.1) is 11.3 Å². The lowest BCUT2D eigenvalue weighted by atomic mass is 9.90. The molecule has 1 aromatic carbocycles. The second kappa shape index (κ2) is 5.74. The Labute approximate surface area is 108 Å². The highest BCUT2D eigenvalue weighted by Crippen LogP contribution is 2.26. The molecule has 4 heteroatoms. The molecule has 1 aliphatic carbocycles. The third-order valence-electron chi connectivity index (χ3n) is 3.51. The van der Waals surface area contributed by atoms with Crippen molar-refractivity contribution in [1.29, 1.82) is 5.26 Å². The summed E-state index contributed by atoms with van der Waals surface area (Å²) in [5.74, 6) is 0.751. The predicted molar refractivity (Wildman–Crippen MR) is 71.6 cm³/mol. The van der Waals surface area contributed by atoms with E-state index in [4.69, 9.17) is 15.7 Å². The summed E-state index contributed by atoms with van der Waals surface area (Å²) < 4.78 is 5.19. The Morgan fingerprint density at radius 2 is 2.17 bits per heavy atom. The average molecular weight is 245 g/mol. The molecule has 1 aromatic rings. The Hall–Kier alpha value is -1.73. The van der Waals surface area contributed by atoms with Gasteiger partial charge < -0.3 is 15.8 Å². The van der Waals surface area contributed by atoms with Crippen molar-refractivity contribution in [1.82, 2.24) is 0 Å². The van der Waals surface area contributed by atoms with Crippen LogP contribution in [0.3, 0.4) is 0 Å². The van der Waals surface area contributed by atoms with E-state index in [-0.39, 0.29) is 12.1 Å². The second-order valence-electron chi connectivity index (χ2n) is 4.72. The van der Waals surface area contributed by atoms with Gasteiger partial charge in [-0.1, -0.05) is 12.8 Å². The molecule has 0 aliphatic heterocycles. The van der Waals surface area contributed by atoms with Crippen molar-refractivity contribution in [3.05, 3.63) is 23.8 Å². The van der Waals surface area contributed by atoms with Gasteiger partial charge in [-0.2, -0.15) is 5.26 Å². The molecular formula is C14H19N3O. The third-order valence-corrected chi connectivity index (χ3v) is 3.51. The first-order valence-corrected chi connectivity index (χ1v) is 6.35. The highest BCUT2D eigenvalue weighted by molar-refractivity contribution is 5.61. The Morgan fingerprint density at radius 3 is 2.83 bits per heavy atom. The zero-order valence-corrected chi connectivity index (χ0v) is 10.6. The Kier molecular flexibility index (Phi) is 4.06. The van der Waals surface area contributed by atoms with E-state index in [0.717, 1.165) is 24.3 Å². The first kappa shape index (κ1) is 12.7. The molecule has 1 saturated carbocycles. The van der Waals surface area contributed by atoms with Gasteiger partial charge in [-0.05, 0) is 25.0 Å². The minimum absolute atomic E-state index is 0.163. The largest absolute Gasteiger partial charge is 0.497 e. The summed E-state index contributed by atoms with van der Waals surface area (Å²) in [5.41, 5.74) is 7.56. The van der Waals surface area contributed by atoms with Gasteiger partial charge in [0.2, 0.25) is 0 Å². The normalized spacial score (nSPS) is 23.2. The summed E-state index contributed by atoms with van der Waals surface area (Å²) in [5, 5.41) is 12.5. The number of nitrogens with two attached hydrogens (primary N) is 1. The first-order valence-electron chi connectivity index (χ1n) is 6.35. The Bertz CT molecular complexity index is 453. The van der Waals surface area contributed by atoms with Crippen LogP contribution in [-0.4, -0.2) is 19.2 Å². The van der Waals surface area contributed by atoms with Crippen molar-refractivity contribution in [2.45, 2.75) is 37.8 Å². The molecule has 0 saturated heterocycles. The maximum Gasteiger partial charge on any atom is 0.121 e. The van der Waals surface area contributed by atoms with Crippen LogP contribution in [0.4, 0.5) is 5.69 Å². The third kappa shape index (κ3) is 2.74. The molecule has 3 N–H and O–H groups in total. The number of nitrogens with one attached hydrogen (secondary N) is 1. The molecule has 0 radical (unpaired) electrons. The average Bonchev–Trinajstić information content (AvgIpc) is 2.41. The van der Waals surface area contributed by atoms with Crippen molar-refractivity contribution in [3.8, 4) is 11.8 Å². The molecule has 96 valence electrons. The van der Waals surface area contributed by atoms with Gasteiger partial charge >= 0.3 is 0 Å². The Balaban J connectivity index is 2.18. The molecular weight excluding hydrogens is 226 g/mol. The van der Waals surface area contributed by atoms with Gasteiger partial charge in [0, 0.05) is 18.2 Å². The first-order chi connectivity index (χ1) is 8.74. The lowest BCUT2D eigenvalue weighted by Gasteiger charge is -2.30. The van der Waals surface area contributed by atoms with Crippen LogP contribution in [0.15, 0.2) is 18.2 Å². The van der Waals surface area contributed by atoms with E-state index >= 15 is 0 Å². The van der Waals surface area contributed by atoms with Crippen molar-refractivity contribution in [2.24, 2.45) is 5.73 Å². The SMILES string of the molecule is COc1ccc(C#N)c(NC2CCCCC2N)c1. The quantitative estimate of drug-likeness (QED) is 0.856. The zero-order chi connectivity index (χ0) is 13.0. The number of methoxy groups -OCH3 is 1. The number of nitriles is 1. The van der Waals surface area contributed by atoms with E-state index in [1.165, 1.54) is 12.8 Å². The van der Waals surface area contributed by atoms with Gasteiger partial charge in [-0.25, -0.2) is 0 Å². The fraction of sp³-hybridized carbons (Fsp3) is 0.500. The van der Waals surface area contributed by atoms with E-state index < -0.39 is 0 Å². The van der Waals surface area contributed by atoms with Crippen molar-refractivity contribution >= 4 is 5.69 Å². The van der Waals surface area contributed by atoms with Crippen molar-refractivity contribution in [3.63, 3.8) is 0 Å². The summed E-state index contributed by atoms with van der Waals surface area (Å²) in [4.78, 5) is 0. The van der Waals surface area contributed by atoms with E-state index in [0.29, 0.717) is 5.56 Å². The number of hydrogen-bond donors (Lipinski definition) is 2. The number of rotatable bonds is 3. The minimum atomic E-state index is 0.163. The topological polar surface area (TPSA) is 71.1 Å². The molecule has 2 unspecified atom stereocenters. The van der Waals surface area contributed by atoms with E-state index in [2.05, 4.69) is 11.4 Å². The number of anilines is 1. The van der Waals surface area contributed by atoms with Crippen LogP contribution in [-0.2, 0) is 0 Å². The summed E-state index contributed by atoms with van der Waals surface area (Å²) >= 11 is 0. The smallest absolute Gasteiger partial charge is 0.121 e. The monoisotopic (exact) mass is 245 g/mol.